The van der Waals surface area contributed by atoms with E-state index >= 15 is 0 Å². The number of anilines is 1. The van der Waals surface area contributed by atoms with E-state index in [0.717, 1.165) is 10.8 Å². The minimum Gasteiger partial charge on any atom is -0.325 e. The Kier molecular flexibility index (Phi) is 4.55. The van der Waals surface area contributed by atoms with E-state index in [2.05, 4.69) is 15.0 Å². The van der Waals surface area contributed by atoms with Gasteiger partial charge < -0.3 is 5.32 Å². The van der Waals surface area contributed by atoms with E-state index in [9.17, 15) is 18.0 Å². The molecule has 3 aromatic rings. The highest BCUT2D eigenvalue weighted by atomic mass is 32.2. The molecule has 10 heteroatoms. The summed E-state index contributed by atoms with van der Waals surface area (Å²) in [6, 6.07) is 9.31. The number of carbonyl (C=O) groups is 1. The van der Waals surface area contributed by atoms with Crippen LogP contribution < -0.4 is 11.1 Å². The van der Waals surface area contributed by atoms with Crippen LogP contribution in [0.4, 0.5) is 5.69 Å². The molecule has 0 saturated heterocycles. The Labute approximate surface area is 146 Å². The third-order valence-corrected chi connectivity index (χ3v) is 5.29. The number of benzene rings is 1. The number of carbonyl (C=O) groups excluding carboxylic acids is 1. The molecule has 0 atom stereocenters. The van der Waals surface area contributed by atoms with Crippen LogP contribution in [0.2, 0.25) is 0 Å². The molecule has 2 heterocycles. The lowest BCUT2D eigenvalue weighted by Crippen LogP contribution is -2.25. The smallest absolute Gasteiger partial charge is 0.325 e. The first-order valence-electron chi connectivity index (χ1n) is 7.05. The van der Waals surface area contributed by atoms with Gasteiger partial charge in [0.2, 0.25) is 5.91 Å². The highest BCUT2D eigenvalue weighted by molar-refractivity contribution is 7.90. The van der Waals surface area contributed by atoms with Crippen molar-refractivity contribution in [3.05, 3.63) is 52.3 Å². The monoisotopic (exact) mass is 379 g/mol. The summed E-state index contributed by atoms with van der Waals surface area (Å²) in [6.07, 6.45) is 1.10. The van der Waals surface area contributed by atoms with Crippen molar-refractivity contribution in [2.24, 2.45) is 0 Å². The Bertz CT molecular complexity index is 1050. The zero-order valence-electron chi connectivity index (χ0n) is 13.0. The van der Waals surface area contributed by atoms with Crippen molar-refractivity contribution in [2.45, 2.75) is 11.4 Å². The van der Waals surface area contributed by atoms with Gasteiger partial charge in [0.05, 0.1) is 9.77 Å². The molecule has 0 fully saturated rings. The lowest BCUT2D eigenvalue weighted by atomic mass is 10.3. The van der Waals surface area contributed by atoms with Gasteiger partial charge in [0.15, 0.2) is 15.7 Å². The Morgan fingerprint density at radius 2 is 2.00 bits per heavy atom. The second-order valence-electron chi connectivity index (χ2n) is 5.18. The van der Waals surface area contributed by atoms with Gasteiger partial charge in [-0.3, -0.25) is 9.32 Å². The third-order valence-electron chi connectivity index (χ3n) is 3.30. The molecule has 2 aromatic heterocycles. The Balaban J connectivity index is 1.76. The molecule has 3 rings (SSSR count). The fourth-order valence-corrected chi connectivity index (χ4v) is 3.46. The van der Waals surface area contributed by atoms with Gasteiger partial charge in [0.25, 0.3) is 0 Å². The average Bonchev–Trinajstić information content (AvgIpc) is 3.18. The molecule has 1 aromatic carbocycles. The Morgan fingerprint density at radius 1 is 1.28 bits per heavy atom. The number of amides is 1. The molecule has 0 spiro atoms. The van der Waals surface area contributed by atoms with Crippen LogP contribution in [-0.4, -0.2) is 30.3 Å². The molecule has 0 aliphatic heterocycles. The molecule has 1 amide bonds. The summed E-state index contributed by atoms with van der Waals surface area (Å²) in [5.74, 6) is -0.913. The van der Waals surface area contributed by atoms with Crippen molar-refractivity contribution < 1.29 is 17.7 Å². The first kappa shape index (κ1) is 17.1. The van der Waals surface area contributed by atoms with E-state index in [1.54, 1.807) is 12.1 Å². The summed E-state index contributed by atoms with van der Waals surface area (Å²) in [5, 5.41) is 8.12. The van der Waals surface area contributed by atoms with E-state index in [1.807, 2.05) is 5.38 Å². The zero-order valence-corrected chi connectivity index (χ0v) is 14.6. The van der Waals surface area contributed by atoms with Crippen molar-refractivity contribution in [3.8, 4) is 10.7 Å². The van der Waals surface area contributed by atoms with Gasteiger partial charge in [-0.15, -0.1) is 11.3 Å². The van der Waals surface area contributed by atoms with Crippen molar-refractivity contribution in [1.82, 2.24) is 9.72 Å². The molecular weight excluding hydrogens is 366 g/mol. The standard InChI is InChI=1S/C15H13N3O5S2/c1-25(21,22)11-6-4-10(5-7-11)16-13(19)9-18-14(17-23-15(18)20)12-3-2-8-24-12/h2-8H,9H2,1H3,(H,16,19). The topological polar surface area (TPSA) is 111 Å². The van der Waals surface area contributed by atoms with Crippen LogP contribution in [0.5, 0.6) is 0 Å². The van der Waals surface area contributed by atoms with Crippen molar-refractivity contribution >= 4 is 32.8 Å². The minimum atomic E-state index is -3.30. The summed E-state index contributed by atoms with van der Waals surface area (Å²) in [7, 11) is -3.30. The molecule has 0 aliphatic rings. The lowest BCUT2D eigenvalue weighted by molar-refractivity contribution is -0.116. The highest BCUT2D eigenvalue weighted by Gasteiger charge is 2.16. The number of nitrogens with one attached hydrogen (secondary N) is 1. The van der Waals surface area contributed by atoms with Crippen LogP contribution in [0.3, 0.4) is 0 Å². The summed E-state index contributed by atoms with van der Waals surface area (Å²) in [6.45, 7) is -0.274. The van der Waals surface area contributed by atoms with Crippen molar-refractivity contribution in [1.29, 1.82) is 0 Å². The van der Waals surface area contributed by atoms with E-state index in [-0.39, 0.29) is 17.3 Å². The molecule has 0 saturated carbocycles. The van der Waals surface area contributed by atoms with Gasteiger partial charge >= 0.3 is 5.76 Å². The quantitative estimate of drug-likeness (QED) is 0.721. The van der Waals surface area contributed by atoms with E-state index in [0.29, 0.717) is 10.6 Å². The molecular formula is C15H13N3O5S2. The first-order valence-corrected chi connectivity index (χ1v) is 9.82. The summed E-state index contributed by atoms with van der Waals surface area (Å²) >= 11 is 1.37. The van der Waals surface area contributed by atoms with Crippen LogP contribution in [0.15, 0.2) is 56.0 Å². The fraction of sp³-hybridized carbons (Fsp3) is 0.133. The molecule has 130 valence electrons. The van der Waals surface area contributed by atoms with Gasteiger partial charge in [0, 0.05) is 11.9 Å². The average molecular weight is 379 g/mol. The number of rotatable bonds is 5. The number of hydrogen-bond acceptors (Lipinski definition) is 7. The maximum absolute atomic E-state index is 12.2. The van der Waals surface area contributed by atoms with E-state index in [4.69, 9.17) is 0 Å². The van der Waals surface area contributed by atoms with Crippen molar-refractivity contribution in [2.75, 3.05) is 11.6 Å². The largest absolute Gasteiger partial charge is 0.442 e. The van der Waals surface area contributed by atoms with Gasteiger partial charge in [-0.05, 0) is 35.7 Å². The molecule has 25 heavy (non-hydrogen) atoms. The zero-order chi connectivity index (χ0) is 18.0. The van der Waals surface area contributed by atoms with Gasteiger partial charge in [-0.2, -0.15) is 0 Å². The number of hydrogen-bond donors (Lipinski definition) is 1. The SMILES string of the molecule is CS(=O)(=O)c1ccc(NC(=O)Cn2c(-c3cccs3)noc2=O)cc1. The van der Waals surface area contributed by atoms with E-state index < -0.39 is 21.5 Å². The lowest BCUT2D eigenvalue weighted by Gasteiger charge is -2.07. The number of sulfone groups is 1. The molecule has 8 nitrogen and oxygen atoms in total. The number of thiophene rings is 1. The molecule has 0 unspecified atom stereocenters. The molecule has 1 N–H and O–H groups in total. The predicted molar refractivity (Wildman–Crippen MR) is 92.3 cm³/mol. The predicted octanol–water partition coefficient (Wildman–Crippen LogP) is 1.61. The highest BCUT2D eigenvalue weighted by Crippen LogP contribution is 2.21. The molecule has 0 aliphatic carbocycles. The second-order valence-corrected chi connectivity index (χ2v) is 8.14. The fourth-order valence-electron chi connectivity index (χ4n) is 2.12. The molecule has 0 bridgehead atoms. The van der Waals surface area contributed by atoms with Gasteiger partial charge in [-0.25, -0.2) is 17.8 Å². The second kappa shape index (κ2) is 6.65. The third kappa shape index (κ3) is 3.86. The summed E-state index contributed by atoms with van der Waals surface area (Å²) in [5.41, 5.74) is 0.416. The number of aromatic nitrogens is 2. The minimum absolute atomic E-state index is 0.153. The summed E-state index contributed by atoms with van der Waals surface area (Å²) in [4.78, 5) is 24.8. The Hall–Kier alpha value is -2.72. The van der Waals surface area contributed by atoms with Crippen LogP contribution in [0.1, 0.15) is 0 Å². The first-order chi connectivity index (χ1) is 11.8. The van der Waals surface area contributed by atoms with Crippen LogP contribution in [0.25, 0.3) is 10.7 Å². The van der Waals surface area contributed by atoms with Crippen molar-refractivity contribution in [3.63, 3.8) is 0 Å². The maximum atomic E-state index is 12.2. The van der Waals surface area contributed by atoms with Gasteiger partial charge in [-0.1, -0.05) is 11.2 Å². The summed E-state index contributed by atoms with van der Waals surface area (Å²) < 4.78 is 28.6. The number of nitrogens with zero attached hydrogens (tertiary/aromatic N) is 2. The maximum Gasteiger partial charge on any atom is 0.442 e. The Morgan fingerprint density at radius 3 is 2.60 bits per heavy atom. The van der Waals surface area contributed by atoms with Crippen LogP contribution in [0, 0.1) is 0 Å². The van der Waals surface area contributed by atoms with Crippen LogP contribution in [-0.2, 0) is 21.2 Å². The normalized spacial score (nSPS) is 11.4. The molecule has 0 radical (unpaired) electrons. The van der Waals surface area contributed by atoms with E-state index in [1.165, 1.54) is 35.6 Å². The van der Waals surface area contributed by atoms with Crippen LogP contribution >= 0.6 is 11.3 Å². The van der Waals surface area contributed by atoms with Gasteiger partial charge in [0.1, 0.15) is 6.54 Å².